The highest BCUT2D eigenvalue weighted by atomic mass is 19.4. The van der Waals surface area contributed by atoms with Crippen LogP contribution in [-0.2, 0) is 11.0 Å². The molecule has 0 aliphatic carbocycles. The number of aromatic nitrogens is 1. The third-order valence-corrected chi connectivity index (χ3v) is 4.46. The van der Waals surface area contributed by atoms with E-state index in [1.165, 1.54) is 11.8 Å². The van der Waals surface area contributed by atoms with Crippen LogP contribution in [0, 0.1) is 6.92 Å². The van der Waals surface area contributed by atoms with Crippen LogP contribution in [0.1, 0.15) is 34.6 Å². The Morgan fingerprint density at radius 3 is 2.48 bits per heavy atom. The van der Waals surface area contributed by atoms with Crippen LogP contribution in [0.15, 0.2) is 42.5 Å². The number of carbonyl (C=O) groups is 2. The molecule has 2 amide bonds. The lowest BCUT2D eigenvalue weighted by Gasteiger charge is -2.24. The SMILES string of the molecule is Cc1nc(C(F)(F)F)ccc1C(=O)N1CCC[C@@H]1C(=O)Nc1ccccc1. The van der Waals surface area contributed by atoms with Gasteiger partial charge in [-0.3, -0.25) is 9.59 Å². The van der Waals surface area contributed by atoms with Crippen molar-refractivity contribution < 1.29 is 22.8 Å². The molecule has 0 unspecified atom stereocenters. The summed E-state index contributed by atoms with van der Waals surface area (Å²) in [5.74, 6) is -0.802. The van der Waals surface area contributed by atoms with E-state index in [4.69, 9.17) is 0 Å². The maximum Gasteiger partial charge on any atom is 0.433 e. The van der Waals surface area contributed by atoms with Gasteiger partial charge in [0, 0.05) is 12.2 Å². The van der Waals surface area contributed by atoms with Gasteiger partial charge >= 0.3 is 6.18 Å². The van der Waals surface area contributed by atoms with Gasteiger partial charge in [-0.25, -0.2) is 4.98 Å². The van der Waals surface area contributed by atoms with Gasteiger partial charge in [-0.2, -0.15) is 13.2 Å². The van der Waals surface area contributed by atoms with Crippen LogP contribution in [0.5, 0.6) is 0 Å². The number of alkyl halides is 3. The number of nitrogens with one attached hydrogen (secondary N) is 1. The molecule has 1 aliphatic heterocycles. The Bertz CT molecular complexity index is 853. The minimum atomic E-state index is -4.57. The molecule has 142 valence electrons. The number of likely N-dealkylation sites (tertiary alicyclic amines) is 1. The van der Waals surface area contributed by atoms with E-state index in [0.29, 0.717) is 25.1 Å². The fourth-order valence-electron chi connectivity index (χ4n) is 3.13. The summed E-state index contributed by atoms with van der Waals surface area (Å²) in [4.78, 5) is 30.3. The van der Waals surface area contributed by atoms with Gasteiger partial charge in [0.15, 0.2) is 0 Å². The molecule has 5 nitrogen and oxygen atoms in total. The minimum Gasteiger partial charge on any atom is -0.327 e. The highest BCUT2D eigenvalue weighted by Crippen LogP contribution is 2.29. The lowest BCUT2D eigenvalue weighted by Crippen LogP contribution is -2.43. The molecule has 1 aromatic heterocycles. The van der Waals surface area contributed by atoms with E-state index < -0.39 is 23.8 Å². The zero-order valence-corrected chi connectivity index (χ0v) is 14.6. The van der Waals surface area contributed by atoms with Crippen molar-refractivity contribution in [3.63, 3.8) is 0 Å². The molecule has 1 N–H and O–H groups in total. The van der Waals surface area contributed by atoms with Crippen LogP contribution in [0.2, 0.25) is 0 Å². The van der Waals surface area contributed by atoms with Crippen molar-refractivity contribution in [3.8, 4) is 0 Å². The van der Waals surface area contributed by atoms with Gasteiger partial charge in [0.2, 0.25) is 5.91 Å². The Labute approximate surface area is 154 Å². The Morgan fingerprint density at radius 1 is 1.15 bits per heavy atom. The first-order chi connectivity index (χ1) is 12.8. The summed E-state index contributed by atoms with van der Waals surface area (Å²) >= 11 is 0. The zero-order valence-electron chi connectivity index (χ0n) is 14.6. The number of hydrogen-bond acceptors (Lipinski definition) is 3. The van der Waals surface area contributed by atoms with Crippen molar-refractivity contribution in [1.82, 2.24) is 9.88 Å². The molecule has 8 heteroatoms. The number of anilines is 1. The second-order valence-electron chi connectivity index (χ2n) is 6.34. The molecule has 27 heavy (non-hydrogen) atoms. The zero-order chi connectivity index (χ0) is 19.6. The molecular formula is C19H18F3N3O2. The molecular weight excluding hydrogens is 359 g/mol. The van der Waals surface area contributed by atoms with E-state index in [0.717, 1.165) is 12.1 Å². The third-order valence-electron chi connectivity index (χ3n) is 4.46. The molecule has 3 rings (SSSR count). The van der Waals surface area contributed by atoms with Crippen LogP contribution >= 0.6 is 0 Å². The van der Waals surface area contributed by atoms with Crippen LogP contribution in [0.25, 0.3) is 0 Å². The number of halogens is 3. The molecule has 0 bridgehead atoms. The second kappa shape index (κ2) is 7.38. The summed E-state index contributed by atoms with van der Waals surface area (Å²) in [5.41, 5.74) is -0.364. The largest absolute Gasteiger partial charge is 0.433 e. The maximum atomic E-state index is 12.8. The van der Waals surface area contributed by atoms with Gasteiger partial charge < -0.3 is 10.2 Å². The summed E-state index contributed by atoms with van der Waals surface area (Å²) in [5, 5.41) is 2.77. The summed E-state index contributed by atoms with van der Waals surface area (Å²) in [7, 11) is 0. The molecule has 1 aromatic carbocycles. The van der Waals surface area contributed by atoms with Crippen molar-refractivity contribution in [2.75, 3.05) is 11.9 Å². The van der Waals surface area contributed by atoms with Crippen LogP contribution in [-0.4, -0.2) is 34.3 Å². The number of hydrogen-bond donors (Lipinski definition) is 1. The van der Waals surface area contributed by atoms with E-state index in [2.05, 4.69) is 10.3 Å². The number of nitrogens with zero attached hydrogens (tertiary/aromatic N) is 2. The highest BCUT2D eigenvalue weighted by Gasteiger charge is 2.37. The van der Waals surface area contributed by atoms with Gasteiger partial charge in [-0.05, 0) is 44.0 Å². The first kappa shape index (κ1) is 18.9. The molecule has 0 radical (unpaired) electrons. The number of carbonyl (C=O) groups excluding carboxylic acids is 2. The van der Waals surface area contributed by atoms with Crippen molar-refractivity contribution in [3.05, 3.63) is 59.4 Å². The van der Waals surface area contributed by atoms with Crippen molar-refractivity contribution >= 4 is 17.5 Å². The maximum absolute atomic E-state index is 12.8. The predicted molar refractivity (Wildman–Crippen MR) is 93.1 cm³/mol. The minimum absolute atomic E-state index is 0.0102. The summed E-state index contributed by atoms with van der Waals surface area (Å²) in [6.45, 7) is 1.73. The fourth-order valence-corrected chi connectivity index (χ4v) is 3.13. The standard InChI is InChI=1S/C19H18F3N3O2/c1-12-14(9-10-16(23-12)19(20,21)22)18(27)25-11-5-8-15(25)17(26)24-13-6-3-2-4-7-13/h2-4,6-7,9-10,15H,5,8,11H2,1H3,(H,24,26)/t15-/m1/s1. The number of para-hydroxylation sites is 1. The number of rotatable bonds is 3. The Balaban J connectivity index is 1.78. The number of pyridine rings is 1. The topological polar surface area (TPSA) is 62.3 Å². The van der Waals surface area contributed by atoms with E-state index in [-0.39, 0.29) is 17.2 Å². The van der Waals surface area contributed by atoms with Gasteiger partial charge in [-0.15, -0.1) is 0 Å². The first-order valence-corrected chi connectivity index (χ1v) is 8.49. The van der Waals surface area contributed by atoms with Crippen molar-refractivity contribution in [2.45, 2.75) is 32.0 Å². The number of aryl methyl sites for hydroxylation is 1. The molecule has 2 heterocycles. The van der Waals surface area contributed by atoms with E-state index in [1.54, 1.807) is 24.3 Å². The van der Waals surface area contributed by atoms with Gasteiger partial charge in [-0.1, -0.05) is 18.2 Å². The summed E-state index contributed by atoms with van der Waals surface area (Å²) in [6, 6.07) is 10.1. The molecule has 2 aromatic rings. The smallest absolute Gasteiger partial charge is 0.327 e. The molecule has 1 saturated heterocycles. The Morgan fingerprint density at radius 2 is 1.85 bits per heavy atom. The number of amides is 2. The average Bonchev–Trinajstić information content (AvgIpc) is 3.11. The second-order valence-corrected chi connectivity index (χ2v) is 6.34. The van der Waals surface area contributed by atoms with E-state index in [1.807, 2.05) is 6.07 Å². The van der Waals surface area contributed by atoms with E-state index in [9.17, 15) is 22.8 Å². The predicted octanol–water partition coefficient (Wildman–Crippen LogP) is 3.65. The van der Waals surface area contributed by atoms with Crippen LogP contribution in [0.3, 0.4) is 0 Å². The normalized spacial score (nSPS) is 17.0. The monoisotopic (exact) mass is 377 g/mol. The molecule has 0 spiro atoms. The average molecular weight is 377 g/mol. The van der Waals surface area contributed by atoms with Crippen LogP contribution < -0.4 is 5.32 Å². The fraction of sp³-hybridized carbons (Fsp3) is 0.316. The molecule has 1 fully saturated rings. The summed E-state index contributed by atoms with van der Waals surface area (Å²) in [6.07, 6.45) is -3.43. The van der Waals surface area contributed by atoms with Crippen molar-refractivity contribution in [1.29, 1.82) is 0 Å². The lowest BCUT2D eigenvalue weighted by molar-refractivity contribution is -0.141. The first-order valence-electron chi connectivity index (χ1n) is 8.49. The molecule has 0 saturated carbocycles. The lowest BCUT2D eigenvalue weighted by atomic mass is 10.1. The number of benzene rings is 1. The quantitative estimate of drug-likeness (QED) is 0.888. The Kier molecular flexibility index (Phi) is 5.16. The van der Waals surface area contributed by atoms with Gasteiger partial charge in [0.05, 0.1) is 11.3 Å². The molecule has 1 aliphatic rings. The van der Waals surface area contributed by atoms with Crippen LogP contribution in [0.4, 0.5) is 18.9 Å². The summed E-state index contributed by atoms with van der Waals surface area (Å²) < 4.78 is 38.3. The third kappa shape index (κ3) is 4.10. The Hall–Kier alpha value is -2.90. The van der Waals surface area contributed by atoms with Crippen molar-refractivity contribution in [2.24, 2.45) is 0 Å². The van der Waals surface area contributed by atoms with Gasteiger partial charge in [0.25, 0.3) is 5.91 Å². The molecule has 1 atom stereocenters. The highest BCUT2D eigenvalue weighted by molar-refractivity contribution is 6.02. The van der Waals surface area contributed by atoms with Gasteiger partial charge in [0.1, 0.15) is 11.7 Å². The van der Waals surface area contributed by atoms with E-state index >= 15 is 0 Å².